The molecule has 1 aliphatic carbocycles. The number of aromatic nitrogens is 3. The number of aromatic carboxylic acids is 1. The molecule has 5 nitrogen and oxygen atoms in total. The van der Waals surface area contributed by atoms with Gasteiger partial charge in [-0.3, -0.25) is 0 Å². The van der Waals surface area contributed by atoms with Crippen LogP contribution in [0.4, 0.5) is 0 Å². The molecule has 0 aromatic carbocycles. The van der Waals surface area contributed by atoms with Crippen LogP contribution < -0.4 is 0 Å². The molecule has 0 amide bonds. The van der Waals surface area contributed by atoms with Gasteiger partial charge < -0.3 is 5.11 Å². The molecule has 1 fully saturated rings. The van der Waals surface area contributed by atoms with E-state index in [-0.39, 0.29) is 5.69 Å². The van der Waals surface area contributed by atoms with E-state index in [1.165, 1.54) is 10.6 Å². The maximum atomic E-state index is 10.8. The van der Waals surface area contributed by atoms with Crippen molar-refractivity contribution >= 4 is 23.2 Å². The van der Waals surface area contributed by atoms with Crippen LogP contribution >= 0.6 is 11.6 Å². The van der Waals surface area contributed by atoms with Crippen LogP contribution in [0.25, 0.3) is 5.65 Å². The first-order chi connectivity index (χ1) is 7.65. The van der Waals surface area contributed by atoms with E-state index >= 15 is 0 Å². The van der Waals surface area contributed by atoms with Crippen molar-refractivity contribution in [3.63, 3.8) is 0 Å². The Morgan fingerprint density at radius 1 is 1.50 bits per heavy atom. The molecule has 0 bridgehead atoms. The molecule has 2 aromatic rings. The summed E-state index contributed by atoms with van der Waals surface area (Å²) in [6.07, 6.45) is 2.25. The van der Waals surface area contributed by atoms with Crippen LogP contribution in [0.5, 0.6) is 0 Å². The van der Waals surface area contributed by atoms with Crippen molar-refractivity contribution in [3.05, 3.63) is 28.7 Å². The van der Waals surface area contributed by atoms with E-state index in [1.54, 1.807) is 6.07 Å². The Morgan fingerprint density at radius 2 is 2.25 bits per heavy atom. The van der Waals surface area contributed by atoms with Gasteiger partial charge in [-0.1, -0.05) is 11.6 Å². The second-order valence-electron chi connectivity index (χ2n) is 3.88. The number of nitrogens with zero attached hydrogens (tertiary/aromatic N) is 3. The van der Waals surface area contributed by atoms with Crippen molar-refractivity contribution in [1.29, 1.82) is 0 Å². The highest BCUT2D eigenvalue weighted by Crippen LogP contribution is 2.39. The molecule has 0 radical (unpaired) electrons. The number of fused-ring (bicyclic) bond motifs is 1. The third-order valence-electron chi connectivity index (χ3n) is 2.62. The third kappa shape index (κ3) is 1.44. The Morgan fingerprint density at radius 3 is 2.88 bits per heavy atom. The predicted octanol–water partition coefficient (Wildman–Crippen LogP) is 1.96. The fourth-order valence-corrected chi connectivity index (χ4v) is 1.88. The van der Waals surface area contributed by atoms with Gasteiger partial charge in [-0.2, -0.15) is 5.10 Å². The summed E-state index contributed by atoms with van der Waals surface area (Å²) in [5, 5.41) is 13.1. The molecule has 1 saturated carbocycles. The smallest absolute Gasteiger partial charge is 0.356 e. The molecule has 0 atom stereocenters. The lowest BCUT2D eigenvalue weighted by Crippen LogP contribution is -1.99. The number of hydrogen-bond donors (Lipinski definition) is 1. The van der Waals surface area contributed by atoms with Crippen molar-refractivity contribution in [2.75, 3.05) is 0 Å². The average Bonchev–Trinajstić information content (AvgIpc) is 2.97. The highest BCUT2D eigenvalue weighted by atomic mass is 35.5. The number of carboxylic acid groups (broad SMARTS) is 1. The van der Waals surface area contributed by atoms with Gasteiger partial charge in [0.25, 0.3) is 0 Å². The van der Waals surface area contributed by atoms with Crippen molar-refractivity contribution in [2.45, 2.75) is 18.8 Å². The minimum Gasteiger partial charge on any atom is -0.476 e. The van der Waals surface area contributed by atoms with Gasteiger partial charge in [0.1, 0.15) is 5.15 Å². The van der Waals surface area contributed by atoms with Crippen molar-refractivity contribution in [3.8, 4) is 0 Å². The first-order valence-electron chi connectivity index (χ1n) is 4.94. The molecule has 16 heavy (non-hydrogen) atoms. The first-order valence-corrected chi connectivity index (χ1v) is 5.32. The van der Waals surface area contributed by atoms with Gasteiger partial charge in [0.05, 0.1) is 0 Å². The van der Waals surface area contributed by atoms with E-state index in [2.05, 4.69) is 10.1 Å². The highest BCUT2D eigenvalue weighted by Gasteiger charge is 2.26. The Kier molecular flexibility index (Phi) is 1.91. The van der Waals surface area contributed by atoms with Crippen LogP contribution in [-0.2, 0) is 0 Å². The van der Waals surface area contributed by atoms with Gasteiger partial charge in [0.15, 0.2) is 11.3 Å². The van der Waals surface area contributed by atoms with Gasteiger partial charge in [-0.05, 0) is 18.9 Å². The van der Waals surface area contributed by atoms with Crippen LogP contribution in [0.2, 0.25) is 5.15 Å². The largest absolute Gasteiger partial charge is 0.476 e. The normalized spacial score (nSPS) is 15.6. The molecule has 0 unspecified atom stereocenters. The maximum absolute atomic E-state index is 10.8. The molecule has 0 spiro atoms. The lowest BCUT2D eigenvalue weighted by molar-refractivity contribution is 0.0690. The summed E-state index contributed by atoms with van der Waals surface area (Å²) in [4.78, 5) is 15.1. The monoisotopic (exact) mass is 237 g/mol. The molecule has 6 heteroatoms. The minimum atomic E-state index is -1.07. The third-order valence-corrected chi connectivity index (χ3v) is 2.89. The minimum absolute atomic E-state index is 0.0395. The quantitative estimate of drug-likeness (QED) is 0.811. The Hall–Kier alpha value is -1.62. The molecule has 3 rings (SSSR count). The van der Waals surface area contributed by atoms with Gasteiger partial charge in [0, 0.05) is 17.7 Å². The number of carbonyl (C=O) groups is 1. The standard InChI is InChI=1S/C10H8ClN3O2/c11-8-3-6(5-1-2-5)12-9-4-7(10(15)16)13-14(8)9/h3-5H,1-2H2,(H,15,16). The van der Waals surface area contributed by atoms with E-state index in [4.69, 9.17) is 16.7 Å². The zero-order valence-electron chi connectivity index (χ0n) is 8.22. The summed E-state index contributed by atoms with van der Waals surface area (Å²) in [6, 6.07) is 3.19. The first kappa shape index (κ1) is 9.59. The van der Waals surface area contributed by atoms with Crippen LogP contribution in [0.3, 0.4) is 0 Å². The molecular formula is C10H8ClN3O2. The van der Waals surface area contributed by atoms with Crippen molar-refractivity contribution in [2.24, 2.45) is 0 Å². The van der Waals surface area contributed by atoms with Gasteiger partial charge >= 0.3 is 5.97 Å². The van der Waals surface area contributed by atoms with E-state index in [0.717, 1.165) is 18.5 Å². The van der Waals surface area contributed by atoms with Gasteiger partial charge in [-0.15, -0.1) is 0 Å². The molecule has 0 saturated heterocycles. The summed E-state index contributed by atoms with van der Waals surface area (Å²) >= 11 is 6.02. The molecule has 82 valence electrons. The SMILES string of the molecule is O=C(O)c1cc2nc(C3CC3)cc(Cl)n2n1. The number of rotatable bonds is 2. The van der Waals surface area contributed by atoms with Crippen LogP contribution in [0.1, 0.15) is 34.9 Å². The summed E-state index contributed by atoms with van der Waals surface area (Å²) in [7, 11) is 0. The average molecular weight is 238 g/mol. The summed E-state index contributed by atoms with van der Waals surface area (Å²) in [5.41, 5.74) is 1.38. The van der Waals surface area contributed by atoms with Crippen LogP contribution in [0, 0.1) is 0 Å². The Labute approximate surface area is 95.7 Å². The molecular weight excluding hydrogens is 230 g/mol. The molecule has 1 aliphatic rings. The van der Waals surface area contributed by atoms with E-state index < -0.39 is 5.97 Å². The molecule has 1 N–H and O–H groups in total. The van der Waals surface area contributed by atoms with E-state index in [9.17, 15) is 4.79 Å². The Balaban J connectivity index is 2.21. The fraction of sp³-hybridized carbons (Fsp3) is 0.300. The summed E-state index contributed by atoms with van der Waals surface area (Å²) < 4.78 is 1.34. The molecule has 2 heterocycles. The molecule has 0 aliphatic heterocycles. The number of hydrogen-bond acceptors (Lipinski definition) is 3. The van der Waals surface area contributed by atoms with E-state index in [0.29, 0.717) is 16.7 Å². The lowest BCUT2D eigenvalue weighted by atomic mass is 10.3. The molecule has 2 aromatic heterocycles. The van der Waals surface area contributed by atoms with Crippen molar-refractivity contribution < 1.29 is 9.90 Å². The highest BCUT2D eigenvalue weighted by molar-refractivity contribution is 6.29. The number of carboxylic acids is 1. The second kappa shape index (κ2) is 3.18. The van der Waals surface area contributed by atoms with Gasteiger partial charge in [0.2, 0.25) is 0 Å². The second-order valence-corrected chi connectivity index (χ2v) is 4.27. The van der Waals surface area contributed by atoms with E-state index in [1.807, 2.05) is 0 Å². The fourth-order valence-electron chi connectivity index (χ4n) is 1.65. The lowest BCUT2D eigenvalue weighted by Gasteiger charge is -2.00. The van der Waals surface area contributed by atoms with Crippen LogP contribution in [-0.4, -0.2) is 25.7 Å². The van der Waals surface area contributed by atoms with Gasteiger partial charge in [-0.25, -0.2) is 14.3 Å². The zero-order valence-corrected chi connectivity index (χ0v) is 8.98. The maximum Gasteiger partial charge on any atom is 0.356 e. The summed E-state index contributed by atoms with van der Waals surface area (Å²) in [5.74, 6) is -0.597. The number of halogens is 1. The van der Waals surface area contributed by atoms with Crippen LogP contribution in [0.15, 0.2) is 12.1 Å². The topological polar surface area (TPSA) is 67.5 Å². The zero-order chi connectivity index (χ0) is 11.3. The van der Waals surface area contributed by atoms with Crippen molar-refractivity contribution in [1.82, 2.24) is 14.6 Å². The summed E-state index contributed by atoms with van der Waals surface area (Å²) in [6.45, 7) is 0. The predicted molar refractivity (Wildman–Crippen MR) is 56.9 cm³/mol. The Bertz CT molecular complexity index is 589.